The van der Waals surface area contributed by atoms with Gasteiger partial charge in [-0.3, -0.25) is 9.48 Å². The highest BCUT2D eigenvalue weighted by Gasteiger charge is 2.25. The highest BCUT2D eigenvalue weighted by molar-refractivity contribution is 5.91. The Morgan fingerprint density at radius 3 is 2.83 bits per heavy atom. The van der Waals surface area contributed by atoms with E-state index >= 15 is 0 Å². The van der Waals surface area contributed by atoms with Gasteiger partial charge >= 0.3 is 0 Å². The number of amides is 1. The molecule has 2 aliphatic rings. The van der Waals surface area contributed by atoms with Gasteiger partial charge in [0.05, 0.1) is 12.6 Å². The van der Waals surface area contributed by atoms with Gasteiger partial charge in [-0.25, -0.2) is 0 Å². The van der Waals surface area contributed by atoms with Crippen molar-refractivity contribution in [2.75, 3.05) is 6.79 Å². The minimum atomic E-state index is -0.179. The number of nitrogens with zero attached hydrogens (tertiary/aromatic N) is 2. The normalized spacial score (nSPS) is 20.1. The minimum absolute atomic E-state index is 0.119. The molecule has 0 spiro atoms. The lowest BCUT2D eigenvalue weighted by atomic mass is 9.93. The van der Waals surface area contributed by atoms with Crippen LogP contribution in [-0.4, -0.2) is 34.6 Å². The zero-order chi connectivity index (χ0) is 20.3. The van der Waals surface area contributed by atoms with Crippen molar-refractivity contribution in [3.8, 4) is 17.2 Å². The predicted molar refractivity (Wildman–Crippen MR) is 107 cm³/mol. The van der Waals surface area contributed by atoms with Crippen molar-refractivity contribution in [2.45, 2.75) is 44.4 Å². The van der Waals surface area contributed by atoms with E-state index in [4.69, 9.17) is 18.6 Å². The Labute approximate surface area is 173 Å². The largest absolute Gasteiger partial charge is 0.490 e. The molecule has 1 aromatic carbocycles. The van der Waals surface area contributed by atoms with E-state index in [0.717, 1.165) is 42.9 Å². The Bertz CT molecular complexity index is 1010. The first-order chi connectivity index (χ1) is 14.7. The number of nitrogens with one attached hydrogen (secondary N) is 1. The van der Waals surface area contributed by atoms with Gasteiger partial charge in [-0.1, -0.05) is 0 Å². The second-order valence-corrected chi connectivity index (χ2v) is 7.55. The number of rotatable bonds is 6. The second-order valence-electron chi connectivity index (χ2n) is 7.55. The van der Waals surface area contributed by atoms with Gasteiger partial charge in [0.1, 0.15) is 11.5 Å². The van der Waals surface area contributed by atoms with Gasteiger partial charge in [0.25, 0.3) is 5.91 Å². The third-order valence-electron chi connectivity index (χ3n) is 5.42. The molecule has 8 nitrogen and oxygen atoms in total. The molecule has 2 aromatic heterocycles. The zero-order valence-corrected chi connectivity index (χ0v) is 16.5. The van der Waals surface area contributed by atoms with Crippen molar-refractivity contribution < 1.29 is 23.4 Å². The molecule has 0 unspecified atom stereocenters. The van der Waals surface area contributed by atoms with Crippen LogP contribution in [0.1, 0.15) is 42.0 Å². The molecule has 1 aliphatic carbocycles. The van der Waals surface area contributed by atoms with Crippen LogP contribution >= 0.6 is 0 Å². The number of hydrogen-bond acceptors (Lipinski definition) is 6. The molecule has 0 saturated heterocycles. The fourth-order valence-corrected chi connectivity index (χ4v) is 3.86. The number of benzene rings is 1. The van der Waals surface area contributed by atoms with Crippen molar-refractivity contribution in [3.05, 3.63) is 60.3 Å². The molecule has 5 rings (SSSR count). The summed E-state index contributed by atoms with van der Waals surface area (Å²) in [6.07, 6.45) is 7.17. The zero-order valence-electron chi connectivity index (χ0n) is 16.5. The maximum atomic E-state index is 12.5. The predicted octanol–water partition coefficient (Wildman–Crippen LogP) is 3.37. The topological polar surface area (TPSA) is 87.8 Å². The van der Waals surface area contributed by atoms with Gasteiger partial charge in [0.2, 0.25) is 6.79 Å². The minimum Gasteiger partial charge on any atom is -0.490 e. The van der Waals surface area contributed by atoms with E-state index in [9.17, 15) is 4.79 Å². The lowest BCUT2D eigenvalue weighted by Gasteiger charge is -2.29. The van der Waals surface area contributed by atoms with Crippen LogP contribution in [0.2, 0.25) is 0 Å². The van der Waals surface area contributed by atoms with Gasteiger partial charge < -0.3 is 23.9 Å². The first kappa shape index (κ1) is 18.6. The Morgan fingerprint density at radius 2 is 2.00 bits per heavy atom. The van der Waals surface area contributed by atoms with Crippen LogP contribution in [0.15, 0.2) is 53.2 Å². The fraction of sp³-hybridized carbons (Fsp3) is 0.364. The third-order valence-corrected chi connectivity index (χ3v) is 5.42. The average Bonchev–Trinajstić information content (AvgIpc) is 3.51. The maximum Gasteiger partial charge on any atom is 0.287 e. The van der Waals surface area contributed by atoms with Crippen LogP contribution in [-0.2, 0) is 6.54 Å². The molecule has 30 heavy (non-hydrogen) atoms. The highest BCUT2D eigenvalue weighted by atomic mass is 16.7. The molecule has 0 bridgehead atoms. The Morgan fingerprint density at radius 1 is 1.13 bits per heavy atom. The van der Waals surface area contributed by atoms with Crippen LogP contribution in [0.25, 0.3) is 0 Å². The van der Waals surface area contributed by atoms with Gasteiger partial charge in [0.15, 0.2) is 17.3 Å². The first-order valence-electron chi connectivity index (χ1n) is 10.2. The van der Waals surface area contributed by atoms with Gasteiger partial charge in [0, 0.05) is 24.5 Å². The number of hydrogen-bond donors (Lipinski definition) is 1. The quantitative estimate of drug-likeness (QED) is 0.672. The van der Waals surface area contributed by atoms with Gasteiger partial charge in [-0.05, 0) is 56.0 Å². The molecule has 3 heterocycles. The number of carbonyl (C=O) groups is 1. The number of fused-ring (bicyclic) bond motifs is 1. The summed E-state index contributed by atoms with van der Waals surface area (Å²) in [5.41, 5.74) is 0. The van der Waals surface area contributed by atoms with Crippen LogP contribution in [0.5, 0.6) is 17.2 Å². The summed E-state index contributed by atoms with van der Waals surface area (Å²) < 4.78 is 24.3. The van der Waals surface area contributed by atoms with Gasteiger partial charge in [-0.2, -0.15) is 5.10 Å². The Hall–Kier alpha value is -3.42. The summed E-state index contributed by atoms with van der Waals surface area (Å²) in [5.74, 6) is 3.10. The molecule has 0 radical (unpaired) electrons. The maximum absolute atomic E-state index is 12.5. The lowest BCUT2D eigenvalue weighted by molar-refractivity contribution is 0.0865. The number of ether oxygens (including phenoxy) is 3. The molecule has 1 saturated carbocycles. The number of carbonyl (C=O) groups excluding carboxylic acids is 1. The summed E-state index contributed by atoms with van der Waals surface area (Å²) in [4.78, 5) is 12.5. The van der Waals surface area contributed by atoms with E-state index in [1.54, 1.807) is 16.9 Å². The molecule has 1 amide bonds. The highest BCUT2D eigenvalue weighted by Crippen LogP contribution is 2.36. The molecule has 1 aliphatic heterocycles. The summed E-state index contributed by atoms with van der Waals surface area (Å²) in [6, 6.07) is 11.1. The van der Waals surface area contributed by atoms with Crippen LogP contribution in [0, 0.1) is 0 Å². The van der Waals surface area contributed by atoms with Crippen LogP contribution < -0.4 is 19.5 Å². The van der Waals surface area contributed by atoms with Crippen LogP contribution in [0.4, 0.5) is 0 Å². The summed E-state index contributed by atoms with van der Waals surface area (Å²) in [5, 5.41) is 7.22. The molecule has 8 heteroatoms. The van der Waals surface area contributed by atoms with Crippen molar-refractivity contribution in [1.29, 1.82) is 0 Å². The summed E-state index contributed by atoms with van der Waals surface area (Å²) >= 11 is 0. The molecular weight excluding hydrogens is 386 g/mol. The molecular formula is C22H23N3O5. The van der Waals surface area contributed by atoms with Crippen molar-refractivity contribution in [3.63, 3.8) is 0 Å². The third kappa shape index (κ3) is 4.12. The SMILES string of the molecule is O=C(NC1CCC(Oc2ccc3c(c2)OCO3)CC1)c1ccc(Cn2cccn2)o1. The molecule has 1 fully saturated rings. The van der Waals surface area contributed by atoms with E-state index in [1.807, 2.05) is 36.5 Å². The summed E-state index contributed by atoms with van der Waals surface area (Å²) in [7, 11) is 0. The number of furan rings is 1. The Balaban J connectivity index is 1.10. The summed E-state index contributed by atoms with van der Waals surface area (Å²) in [6.45, 7) is 0.757. The van der Waals surface area contributed by atoms with E-state index in [0.29, 0.717) is 18.1 Å². The van der Waals surface area contributed by atoms with E-state index in [1.165, 1.54) is 0 Å². The monoisotopic (exact) mass is 409 g/mol. The van der Waals surface area contributed by atoms with E-state index < -0.39 is 0 Å². The standard InChI is InChI=1S/C22H23N3O5/c26-22(20-9-7-18(30-20)13-25-11-1-10-23-25)24-15-2-4-16(5-3-15)29-17-6-8-19-21(12-17)28-14-27-19/h1,6-12,15-16H,2-5,13-14H2,(H,24,26). The second kappa shape index (κ2) is 8.14. The first-order valence-corrected chi connectivity index (χ1v) is 10.2. The van der Waals surface area contributed by atoms with Crippen molar-refractivity contribution in [1.82, 2.24) is 15.1 Å². The lowest BCUT2D eigenvalue weighted by Crippen LogP contribution is -2.39. The molecule has 0 atom stereocenters. The molecule has 1 N–H and O–H groups in total. The molecule has 3 aromatic rings. The number of aromatic nitrogens is 2. The average molecular weight is 409 g/mol. The van der Waals surface area contributed by atoms with E-state index in [2.05, 4.69) is 10.4 Å². The fourth-order valence-electron chi connectivity index (χ4n) is 3.86. The van der Waals surface area contributed by atoms with Crippen molar-refractivity contribution >= 4 is 5.91 Å². The van der Waals surface area contributed by atoms with E-state index in [-0.39, 0.29) is 24.8 Å². The van der Waals surface area contributed by atoms with Crippen LogP contribution in [0.3, 0.4) is 0 Å². The smallest absolute Gasteiger partial charge is 0.287 e. The molecule has 156 valence electrons. The van der Waals surface area contributed by atoms with Crippen molar-refractivity contribution in [2.24, 2.45) is 0 Å². The van der Waals surface area contributed by atoms with Gasteiger partial charge in [-0.15, -0.1) is 0 Å². The Kier molecular flexibility index (Phi) is 5.04.